The summed E-state index contributed by atoms with van der Waals surface area (Å²) in [5.74, 6) is 2.13. The number of nitrogens with two attached hydrogens (primary N) is 1. The summed E-state index contributed by atoms with van der Waals surface area (Å²) < 4.78 is 0. The Balaban J connectivity index is 0.00000128. The van der Waals surface area contributed by atoms with Crippen molar-refractivity contribution in [1.29, 1.82) is 0 Å². The van der Waals surface area contributed by atoms with Gasteiger partial charge in [-0.2, -0.15) is 0 Å². The minimum atomic E-state index is 0. The van der Waals surface area contributed by atoms with Crippen LogP contribution < -0.4 is 10.6 Å². The lowest BCUT2D eigenvalue weighted by molar-refractivity contribution is 0.382. The van der Waals surface area contributed by atoms with Crippen LogP contribution in [0, 0.1) is 11.8 Å². The third kappa shape index (κ3) is 2.62. The minimum absolute atomic E-state index is 0. The van der Waals surface area contributed by atoms with E-state index in [4.69, 9.17) is 5.73 Å². The third-order valence-corrected chi connectivity index (χ3v) is 3.14. The Labute approximate surface area is 103 Å². The zero-order valence-electron chi connectivity index (χ0n) is 9.71. The largest absolute Gasteiger partial charge is 0.353 e. The van der Waals surface area contributed by atoms with Crippen LogP contribution in [0.25, 0.3) is 0 Å². The molecule has 2 N–H and O–H groups in total. The molecule has 0 aliphatic carbocycles. The Hall–Kier alpha value is -0.870. The van der Waals surface area contributed by atoms with Crippen molar-refractivity contribution < 1.29 is 0 Å². The molecule has 4 nitrogen and oxygen atoms in total. The van der Waals surface area contributed by atoms with E-state index in [1.807, 2.05) is 0 Å². The number of rotatable bonds is 2. The second-order valence-electron chi connectivity index (χ2n) is 4.54. The van der Waals surface area contributed by atoms with Crippen molar-refractivity contribution in [3.05, 3.63) is 18.6 Å². The molecule has 0 radical (unpaired) electrons. The second kappa shape index (κ2) is 5.46. The lowest BCUT2D eigenvalue weighted by Crippen LogP contribution is -2.32. The minimum Gasteiger partial charge on any atom is -0.353 e. The molecular formula is C11H19ClN4. The fourth-order valence-corrected chi connectivity index (χ4v) is 2.20. The molecule has 1 aromatic heterocycles. The van der Waals surface area contributed by atoms with E-state index < -0.39 is 0 Å². The third-order valence-electron chi connectivity index (χ3n) is 3.14. The quantitative estimate of drug-likeness (QED) is 0.850. The summed E-state index contributed by atoms with van der Waals surface area (Å²) in [5.41, 5.74) is 6.12. The van der Waals surface area contributed by atoms with Gasteiger partial charge in [-0.05, 0) is 11.8 Å². The highest BCUT2D eigenvalue weighted by atomic mass is 35.5. The molecule has 0 unspecified atom stereocenters. The predicted molar refractivity (Wildman–Crippen MR) is 67.8 cm³/mol. The number of nitrogens with zero attached hydrogens (tertiary/aromatic N) is 3. The molecule has 16 heavy (non-hydrogen) atoms. The van der Waals surface area contributed by atoms with E-state index in [2.05, 4.69) is 28.7 Å². The molecule has 0 aromatic carbocycles. The van der Waals surface area contributed by atoms with Gasteiger partial charge in [0.2, 0.25) is 0 Å². The SMILES string of the molecule is CC(C)[C@H]1CN(c2cnccn2)C[C@@H]1N.Cl. The average molecular weight is 243 g/mol. The molecular weight excluding hydrogens is 224 g/mol. The summed E-state index contributed by atoms with van der Waals surface area (Å²) in [7, 11) is 0. The van der Waals surface area contributed by atoms with Crippen LogP contribution in [0.3, 0.4) is 0 Å². The van der Waals surface area contributed by atoms with Gasteiger partial charge >= 0.3 is 0 Å². The first-order valence-electron chi connectivity index (χ1n) is 5.45. The van der Waals surface area contributed by atoms with Crippen LogP contribution in [-0.2, 0) is 0 Å². The summed E-state index contributed by atoms with van der Waals surface area (Å²) in [5, 5.41) is 0. The fourth-order valence-electron chi connectivity index (χ4n) is 2.20. The van der Waals surface area contributed by atoms with Gasteiger partial charge in [-0.25, -0.2) is 4.98 Å². The predicted octanol–water partition coefficient (Wildman–Crippen LogP) is 1.32. The maximum Gasteiger partial charge on any atom is 0.147 e. The molecule has 1 saturated heterocycles. The van der Waals surface area contributed by atoms with Gasteiger partial charge in [0.1, 0.15) is 5.82 Å². The van der Waals surface area contributed by atoms with Crippen LogP contribution >= 0.6 is 12.4 Å². The summed E-state index contributed by atoms with van der Waals surface area (Å²) in [4.78, 5) is 10.6. The molecule has 0 amide bonds. The van der Waals surface area contributed by atoms with Crippen molar-refractivity contribution >= 4 is 18.2 Å². The van der Waals surface area contributed by atoms with Crippen molar-refractivity contribution in [2.45, 2.75) is 19.9 Å². The van der Waals surface area contributed by atoms with Crippen molar-refractivity contribution in [1.82, 2.24) is 9.97 Å². The van der Waals surface area contributed by atoms with E-state index in [-0.39, 0.29) is 18.4 Å². The highest BCUT2D eigenvalue weighted by molar-refractivity contribution is 5.85. The highest BCUT2D eigenvalue weighted by Gasteiger charge is 2.32. The Kier molecular flexibility index (Phi) is 4.50. The molecule has 0 spiro atoms. The normalized spacial score (nSPS) is 24.6. The van der Waals surface area contributed by atoms with Crippen LogP contribution in [0.2, 0.25) is 0 Å². The van der Waals surface area contributed by atoms with E-state index >= 15 is 0 Å². The zero-order valence-corrected chi connectivity index (χ0v) is 10.5. The first-order chi connectivity index (χ1) is 7.18. The fraction of sp³-hybridized carbons (Fsp3) is 0.636. The van der Waals surface area contributed by atoms with Gasteiger partial charge < -0.3 is 10.6 Å². The first kappa shape index (κ1) is 13.2. The van der Waals surface area contributed by atoms with Gasteiger partial charge in [-0.15, -0.1) is 12.4 Å². The molecule has 2 rings (SSSR count). The van der Waals surface area contributed by atoms with E-state index in [0.717, 1.165) is 18.9 Å². The molecule has 2 heterocycles. The van der Waals surface area contributed by atoms with Gasteiger partial charge in [-0.3, -0.25) is 4.98 Å². The highest BCUT2D eigenvalue weighted by Crippen LogP contribution is 2.25. The van der Waals surface area contributed by atoms with E-state index in [1.54, 1.807) is 18.6 Å². The van der Waals surface area contributed by atoms with Crippen molar-refractivity contribution in [2.75, 3.05) is 18.0 Å². The van der Waals surface area contributed by atoms with Crippen LogP contribution in [0.5, 0.6) is 0 Å². The molecule has 0 saturated carbocycles. The molecule has 5 heteroatoms. The van der Waals surface area contributed by atoms with Gasteiger partial charge in [-0.1, -0.05) is 13.8 Å². The van der Waals surface area contributed by atoms with Gasteiger partial charge in [0.25, 0.3) is 0 Å². The first-order valence-corrected chi connectivity index (χ1v) is 5.45. The Morgan fingerprint density at radius 1 is 1.38 bits per heavy atom. The number of hydrogen-bond donors (Lipinski definition) is 1. The van der Waals surface area contributed by atoms with Crippen molar-refractivity contribution in [2.24, 2.45) is 17.6 Å². The van der Waals surface area contributed by atoms with E-state index in [9.17, 15) is 0 Å². The Morgan fingerprint density at radius 3 is 2.62 bits per heavy atom. The Morgan fingerprint density at radius 2 is 2.12 bits per heavy atom. The molecule has 1 aromatic rings. The molecule has 1 fully saturated rings. The lowest BCUT2D eigenvalue weighted by atomic mass is 9.92. The summed E-state index contributed by atoms with van der Waals surface area (Å²) in [6.45, 7) is 6.34. The van der Waals surface area contributed by atoms with Crippen LogP contribution in [0.4, 0.5) is 5.82 Å². The average Bonchev–Trinajstić information content (AvgIpc) is 2.62. The van der Waals surface area contributed by atoms with Gasteiger partial charge in [0.05, 0.1) is 6.20 Å². The monoisotopic (exact) mass is 242 g/mol. The molecule has 1 aliphatic heterocycles. The topological polar surface area (TPSA) is 55.0 Å². The summed E-state index contributed by atoms with van der Waals surface area (Å²) >= 11 is 0. The van der Waals surface area contributed by atoms with Gasteiger partial charge in [0, 0.05) is 31.5 Å². The smallest absolute Gasteiger partial charge is 0.147 e. The van der Waals surface area contributed by atoms with Crippen LogP contribution in [-0.4, -0.2) is 29.1 Å². The van der Waals surface area contributed by atoms with Crippen LogP contribution in [0.15, 0.2) is 18.6 Å². The molecule has 0 bridgehead atoms. The standard InChI is InChI=1S/C11H18N4.ClH/c1-8(2)9-6-15(7-10(9)12)11-5-13-3-4-14-11;/h3-5,8-10H,6-7,12H2,1-2H3;1H/t9-,10+;/m1./s1. The molecule has 90 valence electrons. The zero-order chi connectivity index (χ0) is 10.8. The van der Waals surface area contributed by atoms with Crippen molar-refractivity contribution in [3.8, 4) is 0 Å². The lowest BCUT2D eigenvalue weighted by Gasteiger charge is -2.18. The molecule has 1 aliphatic rings. The van der Waals surface area contributed by atoms with E-state index in [0.29, 0.717) is 11.8 Å². The van der Waals surface area contributed by atoms with Crippen molar-refractivity contribution in [3.63, 3.8) is 0 Å². The molecule has 2 atom stereocenters. The maximum absolute atomic E-state index is 6.12. The second-order valence-corrected chi connectivity index (χ2v) is 4.54. The number of halogens is 1. The number of hydrogen-bond acceptors (Lipinski definition) is 4. The summed E-state index contributed by atoms with van der Waals surface area (Å²) in [6, 6.07) is 0.256. The number of aromatic nitrogens is 2. The van der Waals surface area contributed by atoms with E-state index in [1.165, 1.54) is 0 Å². The number of anilines is 1. The van der Waals surface area contributed by atoms with Crippen LogP contribution in [0.1, 0.15) is 13.8 Å². The Bertz CT molecular complexity index is 317. The maximum atomic E-state index is 6.12. The van der Waals surface area contributed by atoms with Gasteiger partial charge in [0.15, 0.2) is 0 Å². The summed E-state index contributed by atoms with van der Waals surface area (Å²) in [6.07, 6.45) is 5.22.